The molecule has 0 N–H and O–H groups in total. The fraction of sp³-hybridized carbons (Fsp3) is 0.600. The number of rotatable bonds is 2. The largest absolute Gasteiger partial charge is 0.306 e. The third-order valence-electron chi connectivity index (χ3n) is 5.63. The summed E-state index contributed by atoms with van der Waals surface area (Å²) in [5.41, 5.74) is 3.72. The van der Waals surface area contributed by atoms with Gasteiger partial charge in [0, 0.05) is 24.7 Å². The molecule has 1 saturated heterocycles. The SMILES string of the molecule is CC1CCC(c2ccc3sc(C4CCN(C)CC4C)nc3c2)=NC1. The number of nitrogens with zero attached hydrogens (tertiary/aromatic N) is 3. The lowest BCUT2D eigenvalue weighted by atomic mass is 9.88. The third-order valence-corrected chi connectivity index (χ3v) is 6.80. The van der Waals surface area contributed by atoms with Crippen LogP contribution in [0.2, 0.25) is 0 Å². The minimum absolute atomic E-state index is 0.620. The highest BCUT2D eigenvalue weighted by Gasteiger charge is 2.28. The summed E-state index contributed by atoms with van der Waals surface area (Å²) in [7, 11) is 2.23. The van der Waals surface area contributed by atoms with Crippen LogP contribution in [0.4, 0.5) is 0 Å². The zero-order chi connectivity index (χ0) is 16.7. The van der Waals surface area contributed by atoms with Crippen molar-refractivity contribution in [2.75, 3.05) is 26.7 Å². The summed E-state index contributed by atoms with van der Waals surface area (Å²) in [6.45, 7) is 8.00. The highest BCUT2D eigenvalue weighted by atomic mass is 32.1. The second-order valence-corrected chi connectivity index (χ2v) is 8.86. The van der Waals surface area contributed by atoms with Crippen LogP contribution in [0.25, 0.3) is 10.2 Å². The van der Waals surface area contributed by atoms with Crippen LogP contribution in [0, 0.1) is 11.8 Å². The predicted octanol–water partition coefficient (Wildman–Crippen LogP) is 4.57. The number of piperidine rings is 1. The maximum Gasteiger partial charge on any atom is 0.0973 e. The van der Waals surface area contributed by atoms with E-state index < -0.39 is 0 Å². The minimum atomic E-state index is 0.620. The Hall–Kier alpha value is -1.26. The average Bonchev–Trinajstić information content (AvgIpc) is 2.98. The van der Waals surface area contributed by atoms with Crippen molar-refractivity contribution in [1.29, 1.82) is 0 Å². The van der Waals surface area contributed by atoms with Gasteiger partial charge in [-0.25, -0.2) is 4.98 Å². The molecule has 0 spiro atoms. The van der Waals surface area contributed by atoms with Crippen molar-refractivity contribution in [2.45, 2.75) is 39.0 Å². The van der Waals surface area contributed by atoms with Crippen molar-refractivity contribution < 1.29 is 0 Å². The zero-order valence-corrected chi connectivity index (χ0v) is 15.8. The van der Waals surface area contributed by atoms with Gasteiger partial charge in [-0.2, -0.15) is 0 Å². The fourth-order valence-electron chi connectivity index (χ4n) is 4.06. The molecule has 2 aliphatic rings. The van der Waals surface area contributed by atoms with Gasteiger partial charge in [-0.05, 0) is 62.4 Å². The molecule has 2 aromatic rings. The predicted molar refractivity (Wildman–Crippen MR) is 103 cm³/mol. The van der Waals surface area contributed by atoms with E-state index in [9.17, 15) is 0 Å². The molecule has 3 unspecified atom stereocenters. The molecule has 0 bridgehead atoms. The van der Waals surface area contributed by atoms with Crippen LogP contribution in [-0.4, -0.2) is 42.3 Å². The summed E-state index contributed by atoms with van der Waals surface area (Å²) in [6.07, 6.45) is 3.59. The summed E-state index contributed by atoms with van der Waals surface area (Å²) >= 11 is 1.90. The van der Waals surface area contributed by atoms with Crippen molar-refractivity contribution in [3.05, 3.63) is 28.8 Å². The maximum absolute atomic E-state index is 5.03. The number of hydrogen-bond donors (Lipinski definition) is 0. The number of likely N-dealkylation sites (tertiary alicyclic amines) is 1. The van der Waals surface area contributed by atoms with Crippen molar-refractivity contribution >= 4 is 27.3 Å². The average molecular weight is 342 g/mol. The monoisotopic (exact) mass is 341 g/mol. The molecule has 3 atom stereocenters. The van der Waals surface area contributed by atoms with Crippen molar-refractivity contribution in [2.24, 2.45) is 16.8 Å². The van der Waals surface area contributed by atoms with Gasteiger partial charge >= 0.3 is 0 Å². The van der Waals surface area contributed by atoms with Crippen LogP contribution in [0.15, 0.2) is 23.2 Å². The van der Waals surface area contributed by atoms with Gasteiger partial charge in [0.2, 0.25) is 0 Å². The van der Waals surface area contributed by atoms with Gasteiger partial charge < -0.3 is 4.90 Å². The number of aromatic nitrogens is 1. The lowest BCUT2D eigenvalue weighted by Crippen LogP contribution is -2.35. The van der Waals surface area contributed by atoms with Gasteiger partial charge in [0.25, 0.3) is 0 Å². The van der Waals surface area contributed by atoms with E-state index in [1.165, 1.54) is 52.4 Å². The quantitative estimate of drug-likeness (QED) is 0.800. The van der Waals surface area contributed by atoms with Crippen LogP contribution >= 0.6 is 11.3 Å². The number of fused-ring (bicyclic) bond motifs is 1. The molecular formula is C20H27N3S. The van der Waals surface area contributed by atoms with Crippen LogP contribution in [0.3, 0.4) is 0 Å². The van der Waals surface area contributed by atoms with Gasteiger partial charge in [0.05, 0.1) is 15.2 Å². The minimum Gasteiger partial charge on any atom is -0.306 e. The third kappa shape index (κ3) is 3.14. The molecule has 0 amide bonds. The summed E-state index contributed by atoms with van der Waals surface area (Å²) in [6, 6.07) is 6.77. The Morgan fingerprint density at radius 1 is 1.21 bits per heavy atom. The first-order valence-electron chi connectivity index (χ1n) is 9.23. The molecule has 128 valence electrons. The topological polar surface area (TPSA) is 28.5 Å². The Kier molecular flexibility index (Phi) is 4.44. The molecule has 4 rings (SSSR count). The van der Waals surface area contributed by atoms with E-state index in [1.54, 1.807) is 0 Å². The Labute approximate surface area is 148 Å². The molecule has 3 heterocycles. The zero-order valence-electron chi connectivity index (χ0n) is 15.0. The van der Waals surface area contributed by atoms with Gasteiger partial charge in [-0.15, -0.1) is 11.3 Å². The molecule has 1 fully saturated rings. The number of thiazole rings is 1. The summed E-state index contributed by atoms with van der Waals surface area (Å²) < 4.78 is 1.32. The van der Waals surface area contributed by atoms with Crippen molar-refractivity contribution in [3.8, 4) is 0 Å². The van der Waals surface area contributed by atoms with Crippen LogP contribution in [0.1, 0.15) is 49.6 Å². The second-order valence-electron chi connectivity index (χ2n) is 7.80. The summed E-state index contributed by atoms with van der Waals surface area (Å²) in [5, 5.41) is 1.34. The number of benzene rings is 1. The number of hydrogen-bond acceptors (Lipinski definition) is 4. The summed E-state index contributed by atoms with van der Waals surface area (Å²) in [4.78, 5) is 12.3. The molecule has 1 aromatic heterocycles. The highest BCUT2D eigenvalue weighted by Crippen LogP contribution is 2.37. The molecule has 1 aromatic carbocycles. The smallest absolute Gasteiger partial charge is 0.0973 e. The summed E-state index contributed by atoms with van der Waals surface area (Å²) in [5.74, 6) is 2.04. The maximum atomic E-state index is 5.03. The molecule has 0 aliphatic carbocycles. The fourth-order valence-corrected chi connectivity index (χ4v) is 5.28. The van der Waals surface area contributed by atoms with E-state index in [0.717, 1.165) is 18.9 Å². The van der Waals surface area contributed by atoms with Gasteiger partial charge in [0.1, 0.15) is 0 Å². The van der Waals surface area contributed by atoms with E-state index in [4.69, 9.17) is 9.98 Å². The standard InChI is InChI=1S/C20H27N3S/c1-13-4-6-17(21-11-13)15-5-7-19-18(10-15)22-20(24-19)16-8-9-23(3)12-14(16)2/h5,7,10,13-14,16H,4,6,8-9,11-12H2,1-3H3. The lowest BCUT2D eigenvalue weighted by molar-refractivity contribution is 0.195. The molecular weight excluding hydrogens is 314 g/mol. The van der Waals surface area contributed by atoms with Gasteiger partial charge in [-0.3, -0.25) is 4.99 Å². The first kappa shape index (κ1) is 16.2. The molecule has 4 heteroatoms. The molecule has 3 nitrogen and oxygen atoms in total. The number of aliphatic imine (C=N–C) groups is 1. The van der Waals surface area contributed by atoms with E-state index in [0.29, 0.717) is 11.8 Å². The van der Waals surface area contributed by atoms with Crippen LogP contribution in [-0.2, 0) is 0 Å². The van der Waals surface area contributed by atoms with E-state index in [-0.39, 0.29) is 0 Å². The molecule has 0 saturated carbocycles. The Balaban J connectivity index is 1.62. The molecule has 24 heavy (non-hydrogen) atoms. The van der Waals surface area contributed by atoms with E-state index >= 15 is 0 Å². The van der Waals surface area contributed by atoms with E-state index in [2.05, 4.69) is 44.0 Å². The Morgan fingerprint density at radius 3 is 2.83 bits per heavy atom. The van der Waals surface area contributed by atoms with E-state index in [1.807, 2.05) is 11.3 Å². The van der Waals surface area contributed by atoms with Crippen molar-refractivity contribution in [3.63, 3.8) is 0 Å². The lowest BCUT2D eigenvalue weighted by Gasteiger charge is -2.33. The van der Waals surface area contributed by atoms with Gasteiger partial charge in [-0.1, -0.05) is 19.9 Å². The first-order valence-corrected chi connectivity index (χ1v) is 10.0. The molecule has 2 aliphatic heterocycles. The van der Waals surface area contributed by atoms with Crippen molar-refractivity contribution in [1.82, 2.24) is 9.88 Å². The normalized spacial score (nSPS) is 29.0. The highest BCUT2D eigenvalue weighted by molar-refractivity contribution is 7.18. The van der Waals surface area contributed by atoms with Gasteiger partial charge in [0.15, 0.2) is 0 Å². The Bertz CT molecular complexity index is 763. The Morgan fingerprint density at radius 2 is 2.08 bits per heavy atom. The van der Waals surface area contributed by atoms with Crippen LogP contribution < -0.4 is 0 Å². The van der Waals surface area contributed by atoms with Crippen LogP contribution in [0.5, 0.6) is 0 Å². The molecule has 0 radical (unpaired) electrons. The second kappa shape index (κ2) is 6.57. The first-order chi connectivity index (χ1) is 11.6.